The van der Waals surface area contributed by atoms with Crippen molar-refractivity contribution in [2.24, 2.45) is 5.41 Å². The van der Waals surface area contributed by atoms with Gasteiger partial charge in [0.1, 0.15) is 6.61 Å². The first-order chi connectivity index (χ1) is 12.2. The number of fused-ring (bicyclic) bond motifs is 1. The lowest BCUT2D eigenvalue weighted by molar-refractivity contribution is -0.171. The van der Waals surface area contributed by atoms with Crippen LogP contribution >= 0.6 is 11.3 Å². The van der Waals surface area contributed by atoms with Crippen LogP contribution in [0.1, 0.15) is 32.8 Å². The van der Waals surface area contributed by atoms with E-state index in [1.54, 1.807) is 38.2 Å². The molecule has 26 heavy (non-hydrogen) atoms. The third-order valence-corrected chi connectivity index (χ3v) is 5.27. The molecule has 0 aliphatic carbocycles. The minimum atomic E-state index is -1.21. The van der Waals surface area contributed by atoms with Crippen LogP contribution in [-0.4, -0.2) is 35.9 Å². The van der Waals surface area contributed by atoms with E-state index in [0.29, 0.717) is 5.57 Å². The molecular weight excluding hydrogens is 352 g/mol. The molecule has 138 valence electrons. The predicted molar refractivity (Wildman–Crippen MR) is 101 cm³/mol. The molecule has 3 rings (SSSR count). The highest BCUT2D eigenvalue weighted by Crippen LogP contribution is 2.35. The van der Waals surface area contributed by atoms with Gasteiger partial charge in [-0.05, 0) is 49.2 Å². The van der Waals surface area contributed by atoms with E-state index in [1.807, 2.05) is 29.6 Å². The van der Waals surface area contributed by atoms with Gasteiger partial charge >= 0.3 is 11.9 Å². The Morgan fingerprint density at radius 2 is 2.12 bits per heavy atom. The Hall–Kier alpha value is -2.18. The number of esters is 2. The van der Waals surface area contributed by atoms with Crippen LogP contribution in [0.2, 0.25) is 0 Å². The molecule has 0 amide bonds. The molecule has 0 saturated carbocycles. The van der Waals surface area contributed by atoms with Crippen molar-refractivity contribution in [2.45, 2.75) is 32.8 Å². The molecule has 1 aromatic heterocycles. The maximum absolute atomic E-state index is 12.3. The molecule has 1 atom stereocenters. The zero-order chi connectivity index (χ0) is 18.9. The number of hydrogen-bond donors (Lipinski definition) is 1. The average Bonchev–Trinajstić information content (AvgIpc) is 3.14. The van der Waals surface area contributed by atoms with Gasteiger partial charge in [-0.1, -0.05) is 18.2 Å². The van der Waals surface area contributed by atoms with Gasteiger partial charge in [-0.3, -0.25) is 4.79 Å². The molecule has 5 nitrogen and oxygen atoms in total. The molecule has 1 aliphatic heterocycles. The molecule has 2 heterocycles. The van der Waals surface area contributed by atoms with E-state index in [1.165, 1.54) is 0 Å². The van der Waals surface area contributed by atoms with Gasteiger partial charge in [-0.25, -0.2) is 4.79 Å². The van der Waals surface area contributed by atoms with E-state index in [2.05, 4.69) is 0 Å². The second kappa shape index (κ2) is 6.85. The van der Waals surface area contributed by atoms with Gasteiger partial charge in [-0.15, -0.1) is 11.3 Å². The van der Waals surface area contributed by atoms with Crippen LogP contribution in [0.5, 0.6) is 0 Å². The van der Waals surface area contributed by atoms with Crippen LogP contribution in [-0.2, 0) is 19.1 Å². The lowest BCUT2D eigenvalue weighted by atomic mass is 9.96. The Balaban J connectivity index is 1.81. The molecule has 1 aliphatic rings. The highest BCUT2D eigenvalue weighted by atomic mass is 32.1. The summed E-state index contributed by atoms with van der Waals surface area (Å²) in [5.41, 5.74) is -0.462. The van der Waals surface area contributed by atoms with E-state index in [9.17, 15) is 14.7 Å². The van der Waals surface area contributed by atoms with Gasteiger partial charge in [0.05, 0.1) is 12.0 Å². The SMILES string of the molecule is CC(C)(C)C(=O)OCC1(CO)C/C(=C/c2csc3ccccc23)C(=O)O1. The third kappa shape index (κ3) is 3.66. The summed E-state index contributed by atoms with van der Waals surface area (Å²) in [6, 6.07) is 7.95. The van der Waals surface area contributed by atoms with E-state index in [-0.39, 0.29) is 13.0 Å². The Morgan fingerprint density at radius 3 is 2.81 bits per heavy atom. The van der Waals surface area contributed by atoms with Crippen molar-refractivity contribution in [2.75, 3.05) is 13.2 Å². The number of rotatable bonds is 4. The molecule has 1 saturated heterocycles. The summed E-state index contributed by atoms with van der Waals surface area (Å²) in [7, 11) is 0. The van der Waals surface area contributed by atoms with Gasteiger partial charge < -0.3 is 14.6 Å². The van der Waals surface area contributed by atoms with Gasteiger partial charge in [0.15, 0.2) is 5.60 Å². The molecular formula is C20H22O5S. The topological polar surface area (TPSA) is 72.8 Å². The quantitative estimate of drug-likeness (QED) is 0.654. The fraction of sp³-hybridized carbons (Fsp3) is 0.400. The molecule has 0 spiro atoms. The summed E-state index contributed by atoms with van der Waals surface area (Å²) in [5.74, 6) is -0.885. The number of hydrogen-bond acceptors (Lipinski definition) is 6. The van der Waals surface area contributed by atoms with Crippen molar-refractivity contribution in [1.29, 1.82) is 0 Å². The van der Waals surface area contributed by atoms with Crippen molar-refractivity contribution >= 4 is 39.4 Å². The lowest BCUT2D eigenvalue weighted by Crippen LogP contribution is -2.40. The van der Waals surface area contributed by atoms with Gasteiger partial charge in [0.2, 0.25) is 0 Å². The van der Waals surface area contributed by atoms with E-state index in [4.69, 9.17) is 9.47 Å². The zero-order valence-corrected chi connectivity index (χ0v) is 15.9. The summed E-state index contributed by atoms with van der Waals surface area (Å²) in [4.78, 5) is 24.3. The molecule has 1 N–H and O–H groups in total. The van der Waals surface area contributed by atoms with Crippen molar-refractivity contribution < 1.29 is 24.2 Å². The van der Waals surface area contributed by atoms with Crippen molar-refractivity contribution in [1.82, 2.24) is 0 Å². The first-order valence-electron chi connectivity index (χ1n) is 8.42. The van der Waals surface area contributed by atoms with Crippen LogP contribution in [0, 0.1) is 5.41 Å². The molecule has 2 aromatic rings. The van der Waals surface area contributed by atoms with Crippen molar-refractivity contribution in [3.05, 3.63) is 40.8 Å². The summed E-state index contributed by atoms with van der Waals surface area (Å²) < 4.78 is 11.8. The number of carbonyl (C=O) groups excluding carboxylic acids is 2. The summed E-state index contributed by atoms with van der Waals surface area (Å²) in [6.45, 7) is 4.67. The van der Waals surface area contributed by atoms with Crippen molar-refractivity contribution in [3.63, 3.8) is 0 Å². The molecule has 1 aromatic carbocycles. The Bertz CT molecular complexity index is 874. The van der Waals surface area contributed by atoms with E-state index < -0.39 is 29.6 Å². The second-order valence-corrected chi connectivity index (χ2v) is 8.50. The summed E-state index contributed by atoms with van der Waals surface area (Å²) in [5, 5.41) is 12.8. The number of benzene rings is 1. The summed E-state index contributed by atoms with van der Waals surface area (Å²) in [6.07, 6.45) is 1.99. The molecule has 0 radical (unpaired) electrons. The average molecular weight is 374 g/mol. The first-order valence-corrected chi connectivity index (χ1v) is 9.30. The fourth-order valence-corrected chi connectivity index (χ4v) is 3.67. The lowest BCUT2D eigenvalue weighted by Gasteiger charge is -2.26. The largest absolute Gasteiger partial charge is 0.461 e. The number of aliphatic hydroxyl groups is 1. The first kappa shape index (κ1) is 18.6. The predicted octanol–water partition coefficient (Wildman–Crippen LogP) is 3.55. The minimum Gasteiger partial charge on any atom is -0.461 e. The van der Waals surface area contributed by atoms with Gasteiger partial charge in [0, 0.05) is 16.7 Å². The van der Waals surface area contributed by atoms with Crippen LogP contribution in [0.3, 0.4) is 0 Å². The number of ether oxygens (including phenoxy) is 2. The minimum absolute atomic E-state index is 0.160. The Kier molecular flexibility index (Phi) is 4.90. The third-order valence-electron chi connectivity index (χ3n) is 4.29. The van der Waals surface area contributed by atoms with Crippen LogP contribution in [0.25, 0.3) is 16.2 Å². The maximum Gasteiger partial charge on any atom is 0.334 e. The highest BCUT2D eigenvalue weighted by molar-refractivity contribution is 7.17. The van der Waals surface area contributed by atoms with Crippen LogP contribution < -0.4 is 0 Å². The fourth-order valence-electron chi connectivity index (χ4n) is 2.75. The Morgan fingerprint density at radius 1 is 1.38 bits per heavy atom. The number of aliphatic hydroxyl groups excluding tert-OH is 1. The number of carbonyl (C=O) groups is 2. The second-order valence-electron chi connectivity index (χ2n) is 7.59. The van der Waals surface area contributed by atoms with Gasteiger partial charge in [-0.2, -0.15) is 0 Å². The Labute approximate surface area is 156 Å². The van der Waals surface area contributed by atoms with E-state index >= 15 is 0 Å². The van der Waals surface area contributed by atoms with Gasteiger partial charge in [0.25, 0.3) is 0 Å². The molecule has 1 fully saturated rings. The highest BCUT2D eigenvalue weighted by Gasteiger charge is 2.45. The monoisotopic (exact) mass is 374 g/mol. The normalized spacial score (nSPS) is 22.0. The molecule has 0 bridgehead atoms. The number of thiophene rings is 1. The summed E-state index contributed by atoms with van der Waals surface area (Å²) >= 11 is 1.61. The number of cyclic esters (lactones) is 1. The standard InChI is InChI=1S/C20H22O5S/c1-19(2,3)18(23)24-12-20(11-21)9-13(17(22)25-20)8-14-10-26-16-7-5-4-6-15(14)16/h4-8,10,21H,9,11-12H2,1-3H3/b13-8-. The smallest absolute Gasteiger partial charge is 0.334 e. The van der Waals surface area contributed by atoms with Crippen molar-refractivity contribution in [3.8, 4) is 0 Å². The molecule has 1 unspecified atom stereocenters. The molecule has 6 heteroatoms. The zero-order valence-electron chi connectivity index (χ0n) is 15.1. The van der Waals surface area contributed by atoms with E-state index in [0.717, 1.165) is 15.6 Å². The van der Waals surface area contributed by atoms with Crippen LogP contribution in [0.4, 0.5) is 0 Å². The van der Waals surface area contributed by atoms with Crippen LogP contribution in [0.15, 0.2) is 35.2 Å². The maximum atomic E-state index is 12.3.